The lowest BCUT2D eigenvalue weighted by Crippen LogP contribution is -2.41. The van der Waals surface area contributed by atoms with Crippen molar-refractivity contribution in [2.45, 2.75) is 57.9 Å². The van der Waals surface area contributed by atoms with Gasteiger partial charge < -0.3 is 9.84 Å². The van der Waals surface area contributed by atoms with Gasteiger partial charge in [-0.05, 0) is 19.4 Å². The maximum absolute atomic E-state index is 12.1. The molecule has 0 saturated carbocycles. The molecule has 108 valence electrons. The molecule has 1 aromatic rings. The number of carbonyl (C=O) groups excluding carboxylic acids is 1. The minimum Gasteiger partial charge on any atom is -0.361 e. The number of aromatic nitrogens is 1. The average molecular weight is 287 g/mol. The minimum atomic E-state index is -0.0338. The summed E-state index contributed by atoms with van der Waals surface area (Å²) in [6, 6.07) is 1.91. The largest absolute Gasteiger partial charge is 0.361 e. The van der Waals surface area contributed by atoms with Crippen molar-refractivity contribution in [3.05, 3.63) is 17.5 Å². The first-order valence-corrected chi connectivity index (χ1v) is 6.69. The van der Waals surface area contributed by atoms with Crippen LogP contribution in [0.25, 0.3) is 0 Å². The predicted molar refractivity (Wildman–Crippen MR) is 76.8 cm³/mol. The Morgan fingerprint density at radius 1 is 1.47 bits per heavy atom. The number of ketones is 1. The molecule has 0 amide bonds. The van der Waals surface area contributed by atoms with Crippen LogP contribution in [0, 0.1) is 0 Å². The van der Waals surface area contributed by atoms with Crippen LogP contribution < -0.4 is 5.32 Å². The van der Waals surface area contributed by atoms with Crippen LogP contribution in [0.2, 0.25) is 0 Å². The Labute approximate surface area is 120 Å². The van der Waals surface area contributed by atoms with Crippen molar-refractivity contribution in [3.63, 3.8) is 0 Å². The quantitative estimate of drug-likeness (QED) is 0.928. The number of carbonyl (C=O) groups is 1. The van der Waals surface area contributed by atoms with Gasteiger partial charge in [0.2, 0.25) is 0 Å². The molecule has 19 heavy (non-hydrogen) atoms. The molecule has 0 unspecified atom stereocenters. The van der Waals surface area contributed by atoms with Crippen molar-refractivity contribution in [1.82, 2.24) is 10.5 Å². The van der Waals surface area contributed by atoms with Crippen LogP contribution in [0.5, 0.6) is 0 Å². The summed E-state index contributed by atoms with van der Waals surface area (Å²) < 4.78 is 5.25. The smallest absolute Gasteiger partial charge is 0.157 e. The topological polar surface area (TPSA) is 55.1 Å². The zero-order valence-electron chi connectivity index (χ0n) is 11.9. The number of hydrogen-bond donors (Lipinski definition) is 1. The Balaban J connectivity index is 0.00000180. The van der Waals surface area contributed by atoms with Gasteiger partial charge in [0.25, 0.3) is 0 Å². The molecular formula is C14H23ClN2O2. The van der Waals surface area contributed by atoms with Crippen molar-refractivity contribution < 1.29 is 9.32 Å². The summed E-state index contributed by atoms with van der Waals surface area (Å²) in [5.41, 5.74) is 0.871. The van der Waals surface area contributed by atoms with E-state index >= 15 is 0 Å². The van der Waals surface area contributed by atoms with E-state index in [2.05, 4.69) is 31.2 Å². The molecule has 1 N–H and O–H groups in total. The molecule has 2 rings (SSSR count). The lowest BCUT2D eigenvalue weighted by atomic mass is 9.92. The van der Waals surface area contributed by atoms with Gasteiger partial charge in [-0.25, -0.2) is 0 Å². The number of Topliss-reactive ketones (excluding diaryl/α,β-unsaturated/α-hetero) is 1. The second-order valence-electron chi connectivity index (χ2n) is 6.07. The lowest BCUT2D eigenvalue weighted by molar-refractivity contribution is -0.121. The highest BCUT2D eigenvalue weighted by Crippen LogP contribution is 2.22. The number of halogens is 1. The summed E-state index contributed by atoms with van der Waals surface area (Å²) >= 11 is 0. The molecule has 1 saturated heterocycles. The van der Waals surface area contributed by atoms with E-state index in [1.165, 1.54) is 6.42 Å². The number of nitrogens with one attached hydrogen (secondary N) is 1. The summed E-state index contributed by atoms with van der Waals surface area (Å²) in [7, 11) is 0. The van der Waals surface area contributed by atoms with Gasteiger partial charge >= 0.3 is 0 Å². The summed E-state index contributed by atoms with van der Waals surface area (Å²) in [5, 5.41) is 7.30. The number of rotatable bonds is 3. The van der Waals surface area contributed by atoms with Gasteiger partial charge in [0.15, 0.2) is 5.78 Å². The second kappa shape index (κ2) is 6.53. The molecule has 2 heterocycles. The first-order valence-electron chi connectivity index (χ1n) is 6.69. The first-order chi connectivity index (χ1) is 8.47. The maximum Gasteiger partial charge on any atom is 0.157 e. The van der Waals surface area contributed by atoms with Gasteiger partial charge in [-0.2, -0.15) is 0 Å². The fourth-order valence-electron chi connectivity index (χ4n) is 2.17. The molecule has 5 heteroatoms. The summed E-state index contributed by atoms with van der Waals surface area (Å²) in [5.74, 6) is 0.892. The number of hydrogen-bond acceptors (Lipinski definition) is 4. The molecule has 1 atom stereocenters. The standard InChI is InChI=1S/C14H22N2O2.ClH/c1-14(2,3)13-9-10(18-16-13)8-12(17)11-6-4-5-7-15-11;/h9,11,15H,4-8H2,1-3H3;1H/t11-;/m0./s1. The number of piperidine rings is 1. The van der Waals surface area contributed by atoms with Gasteiger partial charge in [0, 0.05) is 11.5 Å². The Morgan fingerprint density at radius 3 is 2.74 bits per heavy atom. The van der Waals surface area contributed by atoms with E-state index in [9.17, 15) is 4.79 Å². The van der Waals surface area contributed by atoms with E-state index in [-0.39, 0.29) is 29.6 Å². The molecule has 1 aliphatic rings. The van der Waals surface area contributed by atoms with E-state index in [0.29, 0.717) is 12.2 Å². The Bertz CT molecular complexity index is 417. The SMILES string of the molecule is CC(C)(C)c1cc(CC(=O)[C@@H]2CCCCN2)on1.Cl. The van der Waals surface area contributed by atoms with Gasteiger partial charge in [0.05, 0.1) is 18.2 Å². The Morgan fingerprint density at radius 2 is 2.21 bits per heavy atom. The highest BCUT2D eigenvalue weighted by Gasteiger charge is 2.24. The monoisotopic (exact) mass is 286 g/mol. The van der Waals surface area contributed by atoms with Crippen LogP contribution in [0.4, 0.5) is 0 Å². The minimum absolute atomic E-state index is 0. The fourth-order valence-corrected chi connectivity index (χ4v) is 2.17. The Hall–Kier alpha value is -0.870. The van der Waals surface area contributed by atoms with E-state index in [1.807, 2.05) is 6.07 Å². The molecular weight excluding hydrogens is 264 g/mol. The normalized spacial score (nSPS) is 19.8. The first kappa shape index (κ1) is 16.2. The Kier molecular flexibility index (Phi) is 5.56. The van der Waals surface area contributed by atoms with Crippen LogP contribution in [0.15, 0.2) is 10.6 Å². The van der Waals surface area contributed by atoms with Crippen molar-refractivity contribution in [3.8, 4) is 0 Å². The summed E-state index contributed by atoms with van der Waals surface area (Å²) in [4.78, 5) is 12.1. The van der Waals surface area contributed by atoms with Crippen LogP contribution in [-0.2, 0) is 16.6 Å². The highest BCUT2D eigenvalue weighted by molar-refractivity contribution is 5.85. The van der Waals surface area contributed by atoms with E-state index in [0.717, 1.165) is 25.1 Å². The predicted octanol–water partition coefficient (Wildman–Crippen LogP) is 2.65. The molecule has 0 aromatic carbocycles. The molecule has 1 aromatic heterocycles. The van der Waals surface area contributed by atoms with Crippen LogP contribution in [0.3, 0.4) is 0 Å². The molecule has 1 aliphatic heterocycles. The van der Waals surface area contributed by atoms with Crippen LogP contribution in [0.1, 0.15) is 51.5 Å². The lowest BCUT2D eigenvalue weighted by Gasteiger charge is -2.21. The number of nitrogens with zero attached hydrogens (tertiary/aromatic N) is 1. The van der Waals surface area contributed by atoms with Gasteiger partial charge in [-0.3, -0.25) is 4.79 Å². The van der Waals surface area contributed by atoms with E-state index in [4.69, 9.17) is 4.52 Å². The zero-order chi connectivity index (χ0) is 13.2. The molecule has 4 nitrogen and oxygen atoms in total. The summed E-state index contributed by atoms with van der Waals surface area (Å²) in [6.45, 7) is 7.19. The third-order valence-electron chi connectivity index (χ3n) is 3.37. The van der Waals surface area contributed by atoms with Gasteiger partial charge in [0.1, 0.15) is 5.76 Å². The van der Waals surface area contributed by atoms with Gasteiger partial charge in [-0.1, -0.05) is 32.3 Å². The molecule has 0 aliphatic carbocycles. The summed E-state index contributed by atoms with van der Waals surface area (Å²) in [6.07, 6.45) is 3.59. The molecule has 0 spiro atoms. The highest BCUT2D eigenvalue weighted by atomic mass is 35.5. The van der Waals surface area contributed by atoms with Crippen molar-refractivity contribution in [2.75, 3.05) is 6.54 Å². The second-order valence-corrected chi connectivity index (χ2v) is 6.07. The van der Waals surface area contributed by atoms with Crippen LogP contribution >= 0.6 is 12.4 Å². The van der Waals surface area contributed by atoms with Crippen molar-refractivity contribution >= 4 is 18.2 Å². The molecule has 0 radical (unpaired) electrons. The van der Waals surface area contributed by atoms with Crippen LogP contribution in [-0.4, -0.2) is 23.5 Å². The third-order valence-corrected chi connectivity index (χ3v) is 3.37. The molecule has 0 bridgehead atoms. The maximum atomic E-state index is 12.1. The zero-order valence-corrected chi connectivity index (χ0v) is 12.7. The fraction of sp³-hybridized carbons (Fsp3) is 0.714. The average Bonchev–Trinajstić information content (AvgIpc) is 2.78. The molecule has 1 fully saturated rings. The van der Waals surface area contributed by atoms with Crippen molar-refractivity contribution in [2.24, 2.45) is 0 Å². The van der Waals surface area contributed by atoms with Gasteiger partial charge in [-0.15, -0.1) is 12.4 Å². The van der Waals surface area contributed by atoms with Crippen molar-refractivity contribution in [1.29, 1.82) is 0 Å². The van der Waals surface area contributed by atoms with E-state index < -0.39 is 0 Å². The van der Waals surface area contributed by atoms with E-state index in [1.54, 1.807) is 0 Å². The third kappa shape index (κ3) is 4.32.